The van der Waals surface area contributed by atoms with Crippen LogP contribution in [0.15, 0.2) is 59.6 Å². The van der Waals surface area contributed by atoms with Gasteiger partial charge in [0.15, 0.2) is 0 Å². The number of carbonyl (C=O) groups is 1. The van der Waals surface area contributed by atoms with Gasteiger partial charge in [-0.3, -0.25) is 14.7 Å². The molecule has 1 aliphatic rings. The smallest absolute Gasteiger partial charge is 0.238 e. The van der Waals surface area contributed by atoms with Crippen molar-refractivity contribution in [1.82, 2.24) is 9.88 Å². The highest BCUT2D eigenvalue weighted by atomic mass is 32.2. The van der Waals surface area contributed by atoms with Gasteiger partial charge in [0.2, 0.25) is 15.9 Å². The van der Waals surface area contributed by atoms with E-state index < -0.39 is 10.0 Å². The van der Waals surface area contributed by atoms with Crippen LogP contribution in [0.4, 0.5) is 10.1 Å². The van der Waals surface area contributed by atoms with Crippen LogP contribution in [0.5, 0.6) is 0 Å². The van der Waals surface area contributed by atoms with E-state index >= 15 is 0 Å². The summed E-state index contributed by atoms with van der Waals surface area (Å²) in [6.07, 6.45) is 3.07. The lowest BCUT2D eigenvalue weighted by molar-refractivity contribution is -0.121. The Balaban J connectivity index is 1.35. The van der Waals surface area contributed by atoms with Crippen LogP contribution in [0.1, 0.15) is 18.4 Å². The lowest BCUT2D eigenvalue weighted by Gasteiger charge is -2.31. The minimum atomic E-state index is -3.76. The number of aromatic nitrogens is 1. The third-order valence-electron chi connectivity index (χ3n) is 5.55. The third kappa shape index (κ3) is 5.07. The quantitative estimate of drug-likeness (QED) is 0.632. The second kappa shape index (κ2) is 8.70. The van der Waals surface area contributed by atoms with E-state index in [-0.39, 0.29) is 22.5 Å². The van der Waals surface area contributed by atoms with Crippen molar-refractivity contribution in [2.45, 2.75) is 24.3 Å². The Morgan fingerprint density at radius 3 is 2.55 bits per heavy atom. The number of rotatable bonds is 5. The number of hydrogen-bond donors (Lipinski definition) is 2. The average Bonchev–Trinajstić information content (AvgIpc) is 2.74. The van der Waals surface area contributed by atoms with Crippen LogP contribution in [0.3, 0.4) is 0 Å². The number of nitrogens with one attached hydrogen (secondary N) is 1. The number of primary sulfonamides is 1. The lowest BCUT2D eigenvalue weighted by Crippen LogP contribution is -2.37. The number of carbonyl (C=O) groups excluding carboxylic acids is 1. The van der Waals surface area contributed by atoms with Crippen LogP contribution < -0.4 is 10.5 Å². The number of hydrogen-bond acceptors (Lipinski definition) is 5. The molecule has 2 aromatic carbocycles. The third-order valence-corrected chi connectivity index (χ3v) is 6.48. The molecule has 0 saturated carbocycles. The van der Waals surface area contributed by atoms with Gasteiger partial charge in [0, 0.05) is 29.7 Å². The summed E-state index contributed by atoms with van der Waals surface area (Å²) in [4.78, 5) is 19.2. The number of piperidine rings is 1. The van der Waals surface area contributed by atoms with Crippen LogP contribution in [0.2, 0.25) is 0 Å². The molecule has 1 aromatic heterocycles. The van der Waals surface area contributed by atoms with E-state index in [9.17, 15) is 17.6 Å². The monoisotopic (exact) mass is 442 g/mol. The van der Waals surface area contributed by atoms with Gasteiger partial charge in [-0.25, -0.2) is 17.9 Å². The molecular weight excluding hydrogens is 419 g/mol. The van der Waals surface area contributed by atoms with Crippen LogP contribution in [0, 0.1) is 11.7 Å². The number of anilines is 1. The topological polar surface area (TPSA) is 105 Å². The highest BCUT2D eigenvalue weighted by molar-refractivity contribution is 7.89. The normalized spacial score (nSPS) is 15.8. The molecule has 0 bridgehead atoms. The number of benzene rings is 2. The van der Waals surface area contributed by atoms with Gasteiger partial charge in [0.25, 0.3) is 0 Å². The van der Waals surface area contributed by atoms with Gasteiger partial charge in [0.1, 0.15) is 5.82 Å². The number of nitrogens with two attached hydrogens (primary N) is 1. The summed E-state index contributed by atoms with van der Waals surface area (Å²) >= 11 is 0. The predicted octanol–water partition coefficient (Wildman–Crippen LogP) is 2.87. The Morgan fingerprint density at radius 1 is 1.16 bits per heavy atom. The van der Waals surface area contributed by atoms with Gasteiger partial charge in [-0.1, -0.05) is 6.07 Å². The SMILES string of the molecule is NS(=O)(=O)c1ccc(NC(=O)C2CCN(Cc3cc(F)cc4cccnc34)CC2)cc1. The van der Waals surface area contributed by atoms with Crippen molar-refractivity contribution in [2.75, 3.05) is 18.4 Å². The maximum absolute atomic E-state index is 14.0. The van der Waals surface area contributed by atoms with Crippen molar-refractivity contribution in [3.8, 4) is 0 Å². The van der Waals surface area contributed by atoms with Gasteiger partial charge in [0.05, 0.1) is 10.4 Å². The zero-order valence-electron chi connectivity index (χ0n) is 16.8. The molecule has 1 amide bonds. The Morgan fingerprint density at radius 2 is 1.87 bits per heavy atom. The Labute approximate surface area is 180 Å². The molecule has 0 unspecified atom stereocenters. The standard InChI is InChI=1S/C22H23FN4O3S/c23-18-12-16-2-1-9-25-21(16)17(13-18)14-27-10-7-15(8-11-27)22(28)26-19-3-5-20(6-4-19)31(24,29)30/h1-6,9,12-13,15H,7-8,10-11,14H2,(H,26,28)(H2,24,29,30). The largest absolute Gasteiger partial charge is 0.326 e. The van der Waals surface area contributed by atoms with Gasteiger partial charge < -0.3 is 5.32 Å². The fourth-order valence-corrected chi connectivity index (χ4v) is 4.43. The van der Waals surface area contributed by atoms with Gasteiger partial charge >= 0.3 is 0 Å². The Kier molecular flexibility index (Phi) is 5.99. The van der Waals surface area contributed by atoms with Crippen molar-refractivity contribution >= 4 is 32.5 Å². The van der Waals surface area contributed by atoms with Gasteiger partial charge in [-0.05, 0) is 74.0 Å². The fraction of sp³-hybridized carbons (Fsp3) is 0.273. The Bertz CT molecular complexity index is 1210. The molecular formula is C22H23FN4O3S. The minimum Gasteiger partial charge on any atom is -0.326 e. The summed E-state index contributed by atoms with van der Waals surface area (Å²) in [5.41, 5.74) is 2.16. The maximum Gasteiger partial charge on any atom is 0.238 e. The van der Waals surface area contributed by atoms with Crippen LogP contribution in [-0.2, 0) is 21.4 Å². The molecule has 2 heterocycles. The average molecular weight is 443 g/mol. The first kappa shape index (κ1) is 21.4. The van der Waals surface area contributed by atoms with Crippen molar-refractivity contribution in [1.29, 1.82) is 0 Å². The molecule has 3 aromatic rings. The van der Waals surface area contributed by atoms with Crippen LogP contribution >= 0.6 is 0 Å². The maximum atomic E-state index is 14.0. The van der Waals surface area contributed by atoms with E-state index in [1.165, 1.54) is 36.4 Å². The molecule has 31 heavy (non-hydrogen) atoms. The fourth-order valence-electron chi connectivity index (χ4n) is 3.91. The summed E-state index contributed by atoms with van der Waals surface area (Å²) in [7, 11) is -3.76. The van der Waals surface area contributed by atoms with Crippen LogP contribution in [-0.4, -0.2) is 37.3 Å². The second-order valence-electron chi connectivity index (χ2n) is 7.75. The number of fused-ring (bicyclic) bond motifs is 1. The zero-order chi connectivity index (χ0) is 22.0. The van der Waals surface area contributed by atoms with Crippen molar-refractivity contribution in [2.24, 2.45) is 11.1 Å². The summed E-state index contributed by atoms with van der Waals surface area (Å²) < 4.78 is 36.6. The zero-order valence-corrected chi connectivity index (χ0v) is 17.6. The summed E-state index contributed by atoms with van der Waals surface area (Å²) in [5.74, 6) is -0.518. The van der Waals surface area contributed by atoms with E-state index in [0.29, 0.717) is 38.2 Å². The van der Waals surface area contributed by atoms with E-state index in [4.69, 9.17) is 5.14 Å². The van der Waals surface area contributed by atoms with Crippen LogP contribution in [0.25, 0.3) is 10.9 Å². The molecule has 0 atom stereocenters. The number of nitrogens with zero attached hydrogens (tertiary/aromatic N) is 2. The highest BCUT2D eigenvalue weighted by Crippen LogP contribution is 2.24. The molecule has 1 aliphatic heterocycles. The first-order chi connectivity index (χ1) is 14.8. The van der Waals surface area contributed by atoms with Crippen molar-refractivity contribution in [3.63, 3.8) is 0 Å². The number of likely N-dealkylation sites (tertiary alicyclic amines) is 1. The Hall–Kier alpha value is -2.88. The number of pyridine rings is 1. The second-order valence-corrected chi connectivity index (χ2v) is 9.31. The highest BCUT2D eigenvalue weighted by Gasteiger charge is 2.25. The molecule has 9 heteroatoms. The summed E-state index contributed by atoms with van der Waals surface area (Å²) in [6, 6.07) is 12.4. The first-order valence-corrected chi connectivity index (χ1v) is 11.5. The minimum absolute atomic E-state index is 0.00169. The first-order valence-electron chi connectivity index (χ1n) is 9.99. The molecule has 1 fully saturated rings. The molecule has 0 aliphatic carbocycles. The predicted molar refractivity (Wildman–Crippen MR) is 116 cm³/mol. The van der Waals surface area contributed by atoms with E-state index in [0.717, 1.165) is 16.5 Å². The molecule has 1 saturated heterocycles. The molecule has 4 rings (SSSR count). The van der Waals surface area contributed by atoms with Crippen molar-refractivity contribution in [3.05, 3.63) is 66.1 Å². The molecule has 0 spiro atoms. The summed E-state index contributed by atoms with van der Waals surface area (Å²) in [5, 5.41) is 8.70. The summed E-state index contributed by atoms with van der Waals surface area (Å²) in [6.45, 7) is 2.01. The number of sulfonamides is 1. The van der Waals surface area contributed by atoms with E-state index in [1.54, 1.807) is 12.3 Å². The molecule has 0 radical (unpaired) electrons. The van der Waals surface area contributed by atoms with Gasteiger partial charge in [-0.15, -0.1) is 0 Å². The van der Waals surface area contributed by atoms with E-state index in [1.807, 2.05) is 6.07 Å². The molecule has 7 nitrogen and oxygen atoms in total. The van der Waals surface area contributed by atoms with Gasteiger partial charge in [-0.2, -0.15) is 0 Å². The van der Waals surface area contributed by atoms with Crippen molar-refractivity contribution < 1.29 is 17.6 Å². The molecule has 3 N–H and O–H groups in total. The van der Waals surface area contributed by atoms with E-state index in [2.05, 4.69) is 15.2 Å². The lowest BCUT2D eigenvalue weighted by atomic mass is 9.95. The number of amides is 1. The number of halogens is 1. The molecule has 162 valence electrons.